The zero-order chi connectivity index (χ0) is 15.6. The van der Waals surface area contributed by atoms with Crippen molar-refractivity contribution >= 4 is 33.2 Å². The van der Waals surface area contributed by atoms with Crippen molar-refractivity contribution in [3.63, 3.8) is 0 Å². The number of carbonyl (C=O) groups is 1. The Labute approximate surface area is 125 Å². The van der Waals surface area contributed by atoms with E-state index < -0.39 is 33.8 Å². The molecule has 0 heterocycles. The predicted molar refractivity (Wildman–Crippen MR) is 75.1 cm³/mol. The molecule has 2 aromatic rings. The van der Waals surface area contributed by atoms with Gasteiger partial charge in [-0.3, -0.25) is 14.9 Å². The first kappa shape index (κ1) is 15.0. The lowest BCUT2D eigenvalue weighted by Crippen LogP contribution is -2.15. The summed E-state index contributed by atoms with van der Waals surface area (Å²) in [5, 5.41) is 12.9. The van der Waals surface area contributed by atoms with Crippen LogP contribution in [0.15, 0.2) is 40.9 Å². The third-order valence-electron chi connectivity index (χ3n) is 2.60. The smallest absolute Gasteiger partial charge is 0.295 e. The molecule has 21 heavy (non-hydrogen) atoms. The minimum absolute atomic E-state index is 0.104. The lowest BCUT2D eigenvalue weighted by Gasteiger charge is -2.08. The van der Waals surface area contributed by atoms with E-state index in [-0.39, 0.29) is 10.0 Å². The maximum Gasteiger partial charge on any atom is 0.295 e. The second-order valence-corrected chi connectivity index (χ2v) is 4.82. The number of benzene rings is 2. The fourth-order valence-electron chi connectivity index (χ4n) is 1.64. The van der Waals surface area contributed by atoms with Crippen LogP contribution in [0.4, 0.5) is 20.2 Å². The van der Waals surface area contributed by atoms with Gasteiger partial charge < -0.3 is 5.32 Å². The van der Waals surface area contributed by atoms with Gasteiger partial charge in [0, 0.05) is 10.5 Å². The van der Waals surface area contributed by atoms with E-state index in [9.17, 15) is 23.7 Å². The second-order valence-electron chi connectivity index (χ2n) is 3.97. The Morgan fingerprint density at radius 3 is 2.62 bits per heavy atom. The maximum absolute atomic E-state index is 13.7. The standard InChI is InChI=1S/C13H7BrF2N2O3/c14-9-5-4-7(15)6-8(9)13(19)17-12-10(16)2-1-3-11(12)18(20)21/h1-6H,(H,17,19). The molecule has 0 atom stereocenters. The number of amides is 1. The molecule has 8 heteroatoms. The van der Waals surface area contributed by atoms with Gasteiger partial charge in [-0.2, -0.15) is 0 Å². The summed E-state index contributed by atoms with van der Waals surface area (Å²) < 4.78 is 27.1. The van der Waals surface area contributed by atoms with E-state index in [1.807, 2.05) is 0 Å². The normalized spacial score (nSPS) is 10.2. The zero-order valence-corrected chi connectivity index (χ0v) is 11.9. The summed E-state index contributed by atoms with van der Waals surface area (Å²) in [6.45, 7) is 0. The third kappa shape index (κ3) is 3.22. The number of nitrogens with one attached hydrogen (secondary N) is 1. The Balaban J connectivity index is 2.41. The minimum atomic E-state index is -0.954. The molecular formula is C13H7BrF2N2O3. The molecule has 1 N–H and O–H groups in total. The van der Waals surface area contributed by atoms with Crippen molar-refractivity contribution in [1.29, 1.82) is 0 Å². The van der Waals surface area contributed by atoms with Crippen molar-refractivity contribution in [2.75, 3.05) is 5.32 Å². The number of carbonyl (C=O) groups excluding carboxylic acids is 1. The molecule has 0 unspecified atom stereocenters. The van der Waals surface area contributed by atoms with Crippen LogP contribution in [0.3, 0.4) is 0 Å². The Hall–Kier alpha value is -2.35. The van der Waals surface area contributed by atoms with Gasteiger partial charge in [0.05, 0.1) is 10.5 Å². The lowest BCUT2D eigenvalue weighted by molar-refractivity contribution is -0.384. The largest absolute Gasteiger partial charge is 0.314 e. The van der Waals surface area contributed by atoms with Gasteiger partial charge in [-0.15, -0.1) is 0 Å². The van der Waals surface area contributed by atoms with E-state index in [1.165, 1.54) is 6.07 Å². The van der Waals surface area contributed by atoms with Crippen LogP contribution in [0.5, 0.6) is 0 Å². The number of hydrogen-bond donors (Lipinski definition) is 1. The van der Waals surface area contributed by atoms with Crippen molar-refractivity contribution in [1.82, 2.24) is 0 Å². The third-order valence-corrected chi connectivity index (χ3v) is 3.29. The van der Waals surface area contributed by atoms with Gasteiger partial charge in [0.25, 0.3) is 11.6 Å². The molecule has 1 amide bonds. The maximum atomic E-state index is 13.7. The van der Waals surface area contributed by atoms with E-state index in [0.717, 1.165) is 30.3 Å². The van der Waals surface area contributed by atoms with E-state index >= 15 is 0 Å². The van der Waals surface area contributed by atoms with Crippen LogP contribution in [0.2, 0.25) is 0 Å². The monoisotopic (exact) mass is 356 g/mol. The highest BCUT2D eigenvalue weighted by molar-refractivity contribution is 9.10. The number of halogens is 3. The summed E-state index contributed by atoms with van der Waals surface area (Å²) in [5.41, 5.74) is -1.26. The van der Waals surface area contributed by atoms with E-state index in [1.54, 1.807) is 0 Å². The average molecular weight is 357 g/mol. The molecule has 108 valence electrons. The molecule has 0 aliphatic rings. The lowest BCUT2D eigenvalue weighted by atomic mass is 10.2. The number of anilines is 1. The fourth-order valence-corrected chi connectivity index (χ4v) is 2.07. The van der Waals surface area contributed by atoms with Gasteiger partial charge in [-0.25, -0.2) is 8.78 Å². The number of nitrogens with zero attached hydrogens (tertiary/aromatic N) is 1. The Morgan fingerprint density at radius 2 is 1.95 bits per heavy atom. The van der Waals surface area contributed by atoms with Gasteiger partial charge in [0.1, 0.15) is 5.82 Å². The topological polar surface area (TPSA) is 72.2 Å². The van der Waals surface area contributed by atoms with Gasteiger partial charge in [0.15, 0.2) is 11.5 Å². The summed E-state index contributed by atoms with van der Waals surface area (Å²) in [5.74, 6) is -2.48. The number of para-hydroxylation sites is 1. The first-order valence-corrected chi connectivity index (χ1v) is 6.38. The second kappa shape index (κ2) is 5.96. The van der Waals surface area contributed by atoms with E-state index in [0.29, 0.717) is 0 Å². The Kier molecular flexibility index (Phi) is 4.27. The molecular weight excluding hydrogens is 350 g/mol. The van der Waals surface area contributed by atoms with Crippen LogP contribution in [0, 0.1) is 21.7 Å². The molecule has 0 spiro atoms. The molecule has 2 rings (SSSR count). The summed E-state index contributed by atoms with van der Waals surface area (Å²) >= 11 is 3.06. The highest BCUT2D eigenvalue weighted by atomic mass is 79.9. The summed E-state index contributed by atoms with van der Waals surface area (Å²) in [7, 11) is 0. The number of nitro groups is 1. The molecule has 0 saturated carbocycles. The van der Waals surface area contributed by atoms with E-state index in [4.69, 9.17) is 0 Å². The van der Waals surface area contributed by atoms with Gasteiger partial charge in [0.2, 0.25) is 0 Å². The Morgan fingerprint density at radius 1 is 1.24 bits per heavy atom. The number of hydrogen-bond acceptors (Lipinski definition) is 3. The Bertz CT molecular complexity index is 737. The SMILES string of the molecule is O=C(Nc1c(F)cccc1[N+](=O)[O-])c1cc(F)ccc1Br. The molecule has 0 saturated heterocycles. The summed E-state index contributed by atoms with van der Waals surface area (Å²) in [6, 6.07) is 6.56. The molecule has 5 nitrogen and oxygen atoms in total. The highest BCUT2D eigenvalue weighted by Crippen LogP contribution is 2.28. The molecule has 0 fully saturated rings. The molecule has 0 radical (unpaired) electrons. The number of rotatable bonds is 3. The first-order valence-electron chi connectivity index (χ1n) is 5.59. The zero-order valence-electron chi connectivity index (χ0n) is 10.3. The van der Waals surface area contributed by atoms with Crippen molar-refractivity contribution in [2.45, 2.75) is 0 Å². The molecule has 0 bridgehead atoms. The number of nitro benzene ring substituents is 1. The molecule has 0 aliphatic heterocycles. The van der Waals surface area contributed by atoms with Crippen LogP contribution < -0.4 is 5.32 Å². The highest BCUT2D eigenvalue weighted by Gasteiger charge is 2.21. The molecule has 0 aliphatic carbocycles. The van der Waals surface area contributed by atoms with Gasteiger partial charge >= 0.3 is 0 Å². The average Bonchev–Trinajstić information content (AvgIpc) is 2.43. The summed E-state index contributed by atoms with van der Waals surface area (Å²) in [6.07, 6.45) is 0. The summed E-state index contributed by atoms with van der Waals surface area (Å²) in [4.78, 5) is 22.0. The minimum Gasteiger partial charge on any atom is -0.314 e. The van der Waals surface area contributed by atoms with Gasteiger partial charge in [-0.1, -0.05) is 6.07 Å². The van der Waals surface area contributed by atoms with Crippen LogP contribution in [0.1, 0.15) is 10.4 Å². The molecule has 0 aromatic heterocycles. The van der Waals surface area contributed by atoms with Gasteiger partial charge in [-0.05, 0) is 40.2 Å². The fraction of sp³-hybridized carbons (Fsp3) is 0. The van der Waals surface area contributed by atoms with Crippen LogP contribution >= 0.6 is 15.9 Å². The quantitative estimate of drug-likeness (QED) is 0.669. The van der Waals surface area contributed by atoms with E-state index in [2.05, 4.69) is 21.2 Å². The van der Waals surface area contributed by atoms with Crippen molar-refractivity contribution in [3.8, 4) is 0 Å². The van der Waals surface area contributed by atoms with Crippen molar-refractivity contribution < 1.29 is 18.5 Å². The predicted octanol–water partition coefficient (Wildman–Crippen LogP) is 3.89. The first-order chi connectivity index (χ1) is 9.90. The van der Waals surface area contributed by atoms with Crippen LogP contribution in [0.25, 0.3) is 0 Å². The van der Waals surface area contributed by atoms with Crippen LogP contribution in [-0.4, -0.2) is 10.8 Å². The van der Waals surface area contributed by atoms with Crippen molar-refractivity contribution in [3.05, 3.63) is 68.2 Å². The molecule has 2 aromatic carbocycles. The van der Waals surface area contributed by atoms with Crippen molar-refractivity contribution in [2.24, 2.45) is 0 Å². The van der Waals surface area contributed by atoms with Crippen LogP contribution in [-0.2, 0) is 0 Å².